The minimum absolute atomic E-state index is 0.00603. The Morgan fingerprint density at radius 2 is 1.68 bits per heavy atom. The third kappa shape index (κ3) is 3.01. The molecule has 0 saturated heterocycles. The number of Topliss-reactive ketones (excluding diaryl/α,β-unsaturated/α-hetero) is 2. The van der Waals surface area contributed by atoms with Crippen molar-refractivity contribution in [3.63, 3.8) is 0 Å². The number of aliphatic carboxylic acids is 1. The lowest BCUT2D eigenvalue weighted by Gasteiger charge is -2.38. The van der Waals surface area contributed by atoms with Crippen molar-refractivity contribution >= 4 is 17.5 Å². The summed E-state index contributed by atoms with van der Waals surface area (Å²) in [6.45, 7) is -0.00847. The Kier molecular flexibility index (Phi) is 4.47. The summed E-state index contributed by atoms with van der Waals surface area (Å²) >= 11 is 0. The Hall–Kier alpha value is -1.27. The van der Waals surface area contributed by atoms with Gasteiger partial charge < -0.3 is 19.5 Å². The molecule has 6 heteroatoms. The van der Waals surface area contributed by atoms with Crippen molar-refractivity contribution in [2.24, 2.45) is 5.41 Å². The molecule has 1 atom stereocenters. The number of quaternary nitrogens is 1. The molecule has 1 N–H and O–H groups in total. The van der Waals surface area contributed by atoms with Gasteiger partial charge in [0.15, 0.2) is 17.0 Å². The smallest absolute Gasteiger partial charge is 0.158 e. The normalized spacial score (nSPS) is 21.9. The van der Waals surface area contributed by atoms with Gasteiger partial charge in [-0.15, -0.1) is 0 Å². The molecule has 1 saturated carbocycles. The van der Waals surface area contributed by atoms with E-state index < -0.39 is 29.1 Å². The van der Waals surface area contributed by atoms with E-state index in [1.54, 1.807) is 21.1 Å². The first kappa shape index (κ1) is 15.8. The Balaban J connectivity index is 3.24. The molecule has 1 aliphatic carbocycles. The monoisotopic (exact) mass is 271 g/mol. The first-order chi connectivity index (χ1) is 8.62. The van der Waals surface area contributed by atoms with Gasteiger partial charge in [-0.3, -0.25) is 9.59 Å². The quantitative estimate of drug-likeness (QED) is 0.381. The van der Waals surface area contributed by atoms with Gasteiger partial charge in [0.2, 0.25) is 0 Å². The van der Waals surface area contributed by atoms with Gasteiger partial charge in [-0.2, -0.15) is 0 Å². The molecule has 0 aromatic carbocycles. The van der Waals surface area contributed by atoms with Crippen LogP contribution in [0.3, 0.4) is 0 Å². The molecule has 0 heterocycles. The average Bonchev–Trinajstić information content (AvgIpc) is 2.35. The summed E-state index contributed by atoms with van der Waals surface area (Å²) in [6, 6.07) is 0. The zero-order chi connectivity index (χ0) is 14.8. The number of carboxylic acid groups (broad SMARTS) is 1. The predicted octanol–water partition coefficient (Wildman–Crippen LogP) is -1.50. The zero-order valence-electron chi connectivity index (χ0n) is 11.6. The lowest BCUT2D eigenvalue weighted by Crippen LogP contribution is -2.63. The van der Waals surface area contributed by atoms with Crippen molar-refractivity contribution in [1.82, 2.24) is 0 Å². The highest BCUT2D eigenvalue weighted by molar-refractivity contribution is 6.22. The maximum absolute atomic E-state index is 12.1. The van der Waals surface area contributed by atoms with E-state index in [1.807, 2.05) is 0 Å². The minimum Gasteiger partial charge on any atom is -0.548 e. The first-order valence-electron chi connectivity index (χ1n) is 6.39. The molecule has 0 amide bonds. The van der Waals surface area contributed by atoms with E-state index >= 15 is 0 Å². The highest BCUT2D eigenvalue weighted by Gasteiger charge is 2.54. The van der Waals surface area contributed by atoms with Crippen LogP contribution in [0.25, 0.3) is 0 Å². The van der Waals surface area contributed by atoms with Gasteiger partial charge in [-0.05, 0) is 12.8 Å². The molecule has 0 spiro atoms. The van der Waals surface area contributed by atoms with Crippen LogP contribution in [-0.4, -0.2) is 60.9 Å². The number of nitrogens with zero attached hydrogens (tertiary/aromatic N) is 1. The third-order valence-electron chi connectivity index (χ3n) is 3.48. The largest absolute Gasteiger partial charge is 0.548 e. The van der Waals surface area contributed by atoms with Gasteiger partial charge in [-0.25, -0.2) is 0 Å². The lowest BCUT2D eigenvalue weighted by atomic mass is 9.73. The molecule has 6 nitrogen and oxygen atoms in total. The number of aliphatic hydroxyl groups is 1. The molecule has 1 fully saturated rings. The summed E-state index contributed by atoms with van der Waals surface area (Å²) < 4.78 is 0.247. The summed E-state index contributed by atoms with van der Waals surface area (Å²) in [5.74, 6) is -3.22. The summed E-state index contributed by atoms with van der Waals surface area (Å²) in [5.41, 5.74) is -2.39. The van der Waals surface area contributed by atoms with E-state index in [-0.39, 0.29) is 23.9 Å². The van der Waals surface area contributed by atoms with Crippen LogP contribution in [0.15, 0.2) is 0 Å². The standard InChI is InChI=1S/C13H21NO5/c1-14(2,3)8-11(17)13(12(18)19)9(15)6-4-5-7-10(13)16/h11,17H,4-8H2,1-3H3. The summed E-state index contributed by atoms with van der Waals surface area (Å²) in [6.07, 6.45) is -0.634. The fraction of sp³-hybridized carbons (Fsp3) is 0.769. The van der Waals surface area contributed by atoms with Gasteiger partial charge >= 0.3 is 0 Å². The minimum atomic E-state index is -2.39. The van der Waals surface area contributed by atoms with E-state index in [0.717, 1.165) is 0 Å². The van der Waals surface area contributed by atoms with Gasteiger partial charge in [0.25, 0.3) is 0 Å². The number of hydrogen-bond acceptors (Lipinski definition) is 5. The maximum atomic E-state index is 12.1. The Morgan fingerprint density at radius 3 is 2.00 bits per heavy atom. The third-order valence-corrected chi connectivity index (χ3v) is 3.48. The van der Waals surface area contributed by atoms with E-state index in [1.165, 1.54) is 0 Å². The number of hydrogen-bond donors (Lipinski definition) is 1. The number of rotatable bonds is 4. The van der Waals surface area contributed by atoms with Crippen LogP contribution in [0.4, 0.5) is 0 Å². The SMILES string of the molecule is C[N+](C)(C)CC(O)C1(C(=O)[O-])C(=O)CCCCC1=O. The van der Waals surface area contributed by atoms with E-state index in [0.29, 0.717) is 12.8 Å². The molecule has 1 unspecified atom stereocenters. The van der Waals surface area contributed by atoms with E-state index in [2.05, 4.69) is 0 Å². The van der Waals surface area contributed by atoms with Gasteiger partial charge in [0.05, 0.1) is 27.1 Å². The molecule has 108 valence electrons. The second-order valence-corrected chi connectivity index (χ2v) is 6.14. The summed E-state index contributed by atoms with van der Waals surface area (Å²) in [5, 5.41) is 21.7. The molecule has 1 rings (SSSR count). The molecular weight excluding hydrogens is 250 g/mol. The number of ketones is 2. The number of carbonyl (C=O) groups is 3. The van der Waals surface area contributed by atoms with Crippen LogP contribution in [0.1, 0.15) is 25.7 Å². The van der Waals surface area contributed by atoms with Crippen LogP contribution in [0.5, 0.6) is 0 Å². The average molecular weight is 271 g/mol. The Bertz CT molecular complexity index is 378. The molecule has 0 aliphatic heterocycles. The number of aliphatic hydroxyl groups excluding tert-OH is 1. The van der Waals surface area contributed by atoms with Gasteiger partial charge in [-0.1, -0.05) is 0 Å². The lowest BCUT2D eigenvalue weighted by molar-refractivity contribution is -0.874. The summed E-state index contributed by atoms with van der Waals surface area (Å²) in [7, 11) is 5.24. The van der Waals surface area contributed by atoms with Crippen LogP contribution in [0, 0.1) is 5.41 Å². The fourth-order valence-corrected chi connectivity index (χ4v) is 2.51. The van der Waals surface area contributed by atoms with E-state index in [4.69, 9.17) is 0 Å². The number of likely N-dealkylation sites (N-methyl/N-ethyl adjacent to an activating group) is 1. The molecule has 19 heavy (non-hydrogen) atoms. The van der Waals surface area contributed by atoms with Crippen molar-refractivity contribution in [1.29, 1.82) is 0 Å². The Morgan fingerprint density at radius 1 is 1.26 bits per heavy atom. The molecule has 0 aromatic heterocycles. The highest BCUT2D eigenvalue weighted by Crippen LogP contribution is 2.33. The Labute approximate surface area is 112 Å². The zero-order valence-corrected chi connectivity index (χ0v) is 11.6. The van der Waals surface area contributed by atoms with Crippen molar-refractivity contribution in [3.05, 3.63) is 0 Å². The second kappa shape index (κ2) is 5.38. The van der Waals surface area contributed by atoms with Crippen LogP contribution < -0.4 is 5.11 Å². The first-order valence-corrected chi connectivity index (χ1v) is 6.39. The number of carbonyl (C=O) groups excluding carboxylic acids is 3. The fourth-order valence-electron chi connectivity index (χ4n) is 2.51. The molecule has 0 bridgehead atoms. The predicted molar refractivity (Wildman–Crippen MR) is 64.8 cm³/mol. The van der Waals surface area contributed by atoms with Crippen LogP contribution in [0.2, 0.25) is 0 Å². The second-order valence-electron chi connectivity index (χ2n) is 6.14. The molecule has 1 aliphatic rings. The summed E-state index contributed by atoms with van der Waals surface area (Å²) in [4.78, 5) is 35.7. The van der Waals surface area contributed by atoms with Gasteiger partial charge in [0, 0.05) is 12.8 Å². The maximum Gasteiger partial charge on any atom is 0.158 e. The van der Waals surface area contributed by atoms with Crippen molar-refractivity contribution in [2.75, 3.05) is 27.7 Å². The van der Waals surface area contributed by atoms with Crippen LogP contribution in [-0.2, 0) is 14.4 Å². The van der Waals surface area contributed by atoms with Gasteiger partial charge in [0.1, 0.15) is 12.6 Å². The molecular formula is C13H21NO5. The number of carboxylic acids is 1. The highest BCUT2D eigenvalue weighted by atomic mass is 16.4. The van der Waals surface area contributed by atoms with E-state index in [9.17, 15) is 24.6 Å². The molecule has 0 aromatic rings. The van der Waals surface area contributed by atoms with Crippen molar-refractivity contribution < 1.29 is 29.1 Å². The topological polar surface area (TPSA) is 94.5 Å². The van der Waals surface area contributed by atoms with Crippen molar-refractivity contribution in [2.45, 2.75) is 31.8 Å². The van der Waals surface area contributed by atoms with Crippen LogP contribution >= 0.6 is 0 Å². The molecule has 0 radical (unpaired) electrons. The van der Waals surface area contributed by atoms with Crippen molar-refractivity contribution in [3.8, 4) is 0 Å².